The highest BCUT2D eigenvalue weighted by Crippen LogP contribution is 2.36. The molecule has 0 radical (unpaired) electrons. The monoisotopic (exact) mass is 444 g/mol. The molecule has 2 rings (SSSR count). The van der Waals surface area contributed by atoms with Crippen molar-refractivity contribution in [1.82, 2.24) is 0 Å². The molecule has 0 atom stereocenters. The summed E-state index contributed by atoms with van der Waals surface area (Å²) in [5, 5.41) is 0. The van der Waals surface area contributed by atoms with E-state index < -0.39 is 0 Å². The molecule has 0 saturated carbocycles. The molecular weight excluding hydrogens is 436 g/mol. The second kappa shape index (κ2) is 6.73. The predicted molar refractivity (Wildman–Crippen MR) is 90.4 cm³/mol. The van der Waals surface area contributed by atoms with E-state index in [2.05, 4.69) is 60.4 Å². The Morgan fingerprint density at radius 2 is 1.74 bits per heavy atom. The van der Waals surface area contributed by atoms with Crippen molar-refractivity contribution in [2.45, 2.75) is 6.61 Å². The summed E-state index contributed by atoms with van der Waals surface area (Å²) in [7, 11) is 0. The van der Waals surface area contributed by atoms with Gasteiger partial charge >= 0.3 is 0 Å². The fourth-order valence-electron chi connectivity index (χ4n) is 1.63. The van der Waals surface area contributed by atoms with Crippen LogP contribution in [0.5, 0.6) is 5.75 Å². The van der Waals surface area contributed by atoms with E-state index in [1.54, 1.807) is 0 Å². The molecule has 2 aromatic rings. The van der Waals surface area contributed by atoms with Gasteiger partial charge in [-0.25, -0.2) is 0 Å². The molecule has 0 bridgehead atoms. The second-order valence-electron chi connectivity index (χ2n) is 3.94. The smallest absolute Gasteiger partial charge is 0.148 e. The average Bonchev–Trinajstić information content (AvgIpc) is 2.37. The summed E-state index contributed by atoms with van der Waals surface area (Å²) in [6, 6.07) is 12.0. The number of hydrogen-bond acceptors (Lipinski definition) is 1. The maximum atomic E-state index is 5.86. The molecule has 0 aliphatic rings. The van der Waals surface area contributed by atoms with Gasteiger partial charge in [0.2, 0.25) is 0 Å². The summed E-state index contributed by atoms with van der Waals surface area (Å²) < 4.78 is 8.67. The molecule has 0 saturated heterocycles. The zero-order valence-electron chi connectivity index (χ0n) is 10.00. The highest BCUT2D eigenvalue weighted by atomic mass is 79.9. The standard InChI is InChI=1S/C15H11Br3O/c1-2-10-4-3-5-11(6-10)9-19-15-13(17)7-12(16)8-14(15)18/h2-8H,1,9H2. The van der Waals surface area contributed by atoms with Crippen LogP contribution in [0.3, 0.4) is 0 Å². The molecule has 4 heteroatoms. The third-order valence-electron chi connectivity index (χ3n) is 2.53. The molecular formula is C15H11Br3O. The SMILES string of the molecule is C=Cc1cccc(COc2c(Br)cc(Br)cc2Br)c1. The summed E-state index contributed by atoms with van der Waals surface area (Å²) in [4.78, 5) is 0. The van der Waals surface area contributed by atoms with Crippen molar-refractivity contribution in [2.75, 3.05) is 0 Å². The van der Waals surface area contributed by atoms with Gasteiger partial charge in [-0.05, 0) is 61.2 Å². The van der Waals surface area contributed by atoms with E-state index in [1.807, 2.05) is 36.4 Å². The predicted octanol–water partition coefficient (Wildman–Crippen LogP) is 6.20. The fraction of sp³-hybridized carbons (Fsp3) is 0.0667. The van der Waals surface area contributed by atoms with Gasteiger partial charge in [0.15, 0.2) is 0 Å². The Morgan fingerprint density at radius 1 is 1.05 bits per heavy atom. The molecule has 0 heterocycles. The molecule has 0 aromatic heterocycles. The lowest BCUT2D eigenvalue weighted by Crippen LogP contribution is -1.97. The number of hydrogen-bond donors (Lipinski definition) is 0. The lowest BCUT2D eigenvalue weighted by atomic mass is 10.1. The lowest BCUT2D eigenvalue weighted by molar-refractivity contribution is 0.302. The quantitative estimate of drug-likeness (QED) is 0.543. The van der Waals surface area contributed by atoms with E-state index in [0.717, 1.165) is 30.3 Å². The number of rotatable bonds is 4. The van der Waals surface area contributed by atoms with Crippen LogP contribution in [0.15, 0.2) is 56.4 Å². The van der Waals surface area contributed by atoms with Gasteiger partial charge in [0, 0.05) is 4.47 Å². The van der Waals surface area contributed by atoms with Crippen molar-refractivity contribution in [3.63, 3.8) is 0 Å². The Labute approximate surface area is 138 Å². The van der Waals surface area contributed by atoms with Gasteiger partial charge in [0.25, 0.3) is 0 Å². The van der Waals surface area contributed by atoms with Gasteiger partial charge in [0.05, 0.1) is 8.95 Å². The summed E-state index contributed by atoms with van der Waals surface area (Å²) in [6.07, 6.45) is 1.83. The van der Waals surface area contributed by atoms with Crippen LogP contribution in [0, 0.1) is 0 Å². The van der Waals surface area contributed by atoms with Crippen molar-refractivity contribution < 1.29 is 4.74 Å². The first kappa shape index (κ1) is 14.8. The molecule has 0 amide bonds. The first-order valence-electron chi connectivity index (χ1n) is 5.59. The van der Waals surface area contributed by atoms with E-state index >= 15 is 0 Å². The van der Waals surface area contributed by atoms with Crippen LogP contribution in [0.25, 0.3) is 6.08 Å². The average molecular weight is 447 g/mol. The summed E-state index contributed by atoms with van der Waals surface area (Å²) in [6.45, 7) is 4.28. The Hall–Kier alpha value is -0.580. The minimum atomic E-state index is 0.514. The fourth-order valence-corrected chi connectivity index (χ4v) is 4.12. The normalized spacial score (nSPS) is 10.3. The van der Waals surface area contributed by atoms with Crippen LogP contribution in [-0.2, 0) is 6.61 Å². The largest absolute Gasteiger partial charge is 0.487 e. The van der Waals surface area contributed by atoms with Gasteiger partial charge in [-0.1, -0.05) is 46.8 Å². The molecule has 0 aliphatic heterocycles. The highest BCUT2D eigenvalue weighted by molar-refractivity contribution is 9.11. The van der Waals surface area contributed by atoms with Crippen LogP contribution < -0.4 is 4.74 Å². The summed E-state index contributed by atoms with van der Waals surface area (Å²) in [5.41, 5.74) is 2.20. The minimum absolute atomic E-state index is 0.514. The molecule has 0 spiro atoms. The molecule has 2 aromatic carbocycles. The Kier molecular flexibility index (Phi) is 5.25. The van der Waals surface area contributed by atoms with Crippen LogP contribution in [0.4, 0.5) is 0 Å². The van der Waals surface area contributed by atoms with Crippen LogP contribution in [-0.4, -0.2) is 0 Å². The van der Waals surface area contributed by atoms with E-state index in [0.29, 0.717) is 6.61 Å². The summed E-state index contributed by atoms with van der Waals surface area (Å²) in [5.74, 6) is 0.798. The van der Waals surface area contributed by atoms with E-state index in [4.69, 9.17) is 4.74 Å². The number of benzene rings is 2. The first-order valence-corrected chi connectivity index (χ1v) is 7.97. The van der Waals surface area contributed by atoms with E-state index in [9.17, 15) is 0 Å². The number of halogens is 3. The molecule has 19 heavy (non-hydrogen) atoms. The molecule has 0 unspecified atom stereocenters. The zero-order valence-corrected chi connectivity index (χ0v) is 14.8. The van der Waals surface area contributed by atoms with Crippen molar-refractivity contribution in [2.24, 2.45) is 0 Å². The van der Waals surface area contributed by atoms with Gasteiger partial charge in [0.1, 0.15) is 12.4 Å². The first-order chi connectivity index (χ1) is 9.10. The Morgan fingerprint density at radius 3 is 2.37 bits per heavy atom. The molecule has 0 N–H and O–H groups in total. The van der Waals surface area contributed by atoms with E-state index in [-0.39, 0.29) is 0 Å². The Bertz CT molecular complexity index is 585. The van der Waals surface area contributed by atoms with Crippen LogP contribution in [0.1, 0.15) is 11.1 Å². The van der Waals surface area contributed by atoms with Crippen molar-refractivity contribution in [3.8, 4) is 5.75 Å². The van der Waals surface area contributed by atoms with Crippen LogP contribution >= 0.6 is 47.8 Å². The highest BCUT2D eigenvalue weighted by Gasteiger charge is 2.08. The molecule has 0 fully saturated rings. The maximum absolute atomic E-state index is 5.86. The van der Waals surface area contributed by atoms with Gasteiger partial charge in [-0.2, -0.15) is 0 Å². The summed E-state index contributed by atoms with van der Waals surface area (Å²) >= 11 is 10.4. The maximum Gasteiger partial charge on any atom is 0.148 e. The molecule has 0 aliphatic carbocycles. The van der Waals surface area contributed by atoms with Crippen molar-refractivity contribution >= 4 is 53.9 Å². The van der Waals surface area contributed by atoms with Crippen molar-refractivity contribution in [1.29, 1.82) is 0 Å². The third-order valence-corrected chi connectivity index (χ3v) is 4.17. The second-order valence-corrected chi connectivity index (χ2v) is 6.56. The van der Waals surface area contributed by atoms with Crippen molar-refractivity contribution in [3.05, 3.63) is 67.5 Å². The Balaban J connectivity index is 2.16. The topological polar surface area (TPSA) is 9.23 Å². The van der Waals surface area contributed by atoms with Gasteiger partial charge in [-0.15, -0.1) is 0 Å². The number of ether oxygens (including phenoxy) is 1. The zero-order chi connectivity index (χ0) is 13.8. The third kappa shape index (κ3) is 3.94. The molecule has 1 nitrogen and oxygen atoms in total. The minimum Gasteiger partial charge on any atom is -0.487 e. The van der Waals surface area contributed by atoms with E-state index in [1.165, 1.54) is 0 Å². The van der Waals surface area contributed by atoms with Gasteiger partial charge in [-0.3, -0.25) is 0 Å². The van der Waals surface area contributed by atoms with Crippen LogP contribution in [0.2, 0.25) is 0 Å². The lowest BCUT2D eigenvalue weighted by Gasteiger charge is -2.11. The molecule has 98 valence electrons. The van der Waals surface area contributed by atoms with Gasteiger partial charge < -0.3 is 4.74 Å².